The van der Waals surface area contributed by atoms with Gasteiger partial charge in [-0.3, -0.25) is 9.59 Å². The highest BCUT2D eigenvalue weighted by atomic mass is 32.1. The van der Waals surface area contributed by atoms with E-state index in [0.717, 1.165) is 36.1 Å². The molecular formula is C21H22N2O6S. The number of hydrogen-bond acceptors (Lipinski definition) is 7. The van der Waals surface area contributed by atoms with Crippen molar-refractivity contribution in [3.63, 3.8) is 0 Å². The molecule has 0 spiro atoms. The Morgan fingerprint density at radius 1 is 1.07 bits per heavy atom. The first kappa shape index (κ1) is 20.2. The summed E-state index contributed by atoms with van der Waals surface area (Å²) >= 11 is 1.41. The Balaban J connectivity index is 1.41. The molecule has 1 aromatic carbocycles. The van der Waals surface area contributed by atoms with E-state index >= 15 is 0 Å². The van der Waals surface area contributed by atoms with Gasteiger partial charge in [0.05, 0.1) is 5.56 Å². The van der Waals surface area contributed by atoms with Crippen LogP contribution in [0.3, 0.4) is 0 Å². The zero-order valence-corrected chi connectivity index (χ0v) is 17.4. The molecule has 2 N–H and O–H groups in total. The molecule has 1 aliphatic carbocycles. The molecule has 0 saturated carbocycles. The number of aryl methyl sites for hydroxylation is 1. The predicted molar refractivity (Wildman–Crippen MR) is 112 cm³/mol. The fraction of sp³-hybridized carbons (Fsp3) is 0.381. The smallest absolute Gasteiger partial charge is 0.341 e. The first-order chi connectivity index (χ1) is 14.5. The Bertz CT molecular complexity index is 1000. The minimum absolute atomic E-state index is 0.251. The summed E-state index contributed by atoms with van der Waals surface area (Å²) in [6, 6.07) is 5.07. The van der Waals surface area contributed by atoms with E-state index in [0.29, 0.717) is 41.0 Å². The molecule has 0 bridgehead atoms. The van der Waals surface area contributed by atoms with Crippen LogP contribution < -0.4 is 20.1 Å². The van der Waals surface area contributed by atoms with Crippen molar-refractivity contribution >= 4 is 39.8 Å². The van der Waals surface area contributed by atoms with Crippen molar-refractivity contribution < 1.29 is 28.6 Å². The van der Waals surface area contributed by atoms with Gasteiger partial charge in [-0.05, 0) is 43.4 Å². The van der Waals surface area contributed by atoms with E-state index in [1.807, 2.05) is 0 Å². The SMILES string of the molecule is CC(=O)Nc1sc2c(c1C(=O)OCC(=O)Nc1ccc3c(c1)OCCO3)CCCC2. The number of anilines is 2. The third-order valence-electron chi connectivity index (χ3n) is 4.83. The third kappa shape index (κ3) is 4.40. The lowest BCUT2D eigenvalue weighted by atomic mass is 9.95. The molecule has 158 valence electrons. The predicted octanol–water partition coefficient (Wildman–Crippen LogP) is 3.15. The summed E-state index contributed by atoms with van der Waals surface area (Å²) < 4.78 is 16.2. The molecule has 0 atom stereocenters. The molecule has 0 fully saturated rings. The molecule has 1 aromatic heterocycles. The van der Waals surface area contributed by atoms with E-state index in [-0.39, 0.29) is 5.91 Å². The minimum Gasteiger partial charge on any atom is -0.486 e. The number of benzene rings is 1. The summed E-state index contributed by atoms with van der Waals surface area (Å²) in [6.07, 6.45) is 3.68. The number of ether oxygens (including phenoxy) is 3. The van der Waals surface area contributed by atoms with Gasteiger partial charge in [0, 0.05) is 23.6 Å². The summed E-state index contributed by atoms with van der Waals surface area (Å²) in [7, 11) is 0. The Morgan fingerprint density at radius 3 is 2.63 bits per heavy atom. The van der Waals surface area contributed by atoms with Gasteiger partial charge >= 0.3 is 5.97 Å². The molecule has 1 aliphatic heterocycles. The van der Waals surface area contributed by atoms with Gasteiger partial charge in [0.2, 0.25) is 5.91 Å². The number of carbonyl (C=O) groups is 3. The van der Waals surface area contributed by atoms with Gasteiger partial charge in [0.25, 0.3) is 5.91 Å². The highest BCUT2D eigenvalue weighted by Crippen LogP contribution is 2.38. The quantitative estimate of drug-likeness (QED) is 0.707. The molecule has 2 amide bonds. The maximum Gasteiger partial charge on any atom is 0.341 e. The second-order valence-corrected chi connectivity index (χ2v) is 8.18. The maximum atomic E-state index is 12.7. The van der Waals surface area contributed by atoms with Crippen LogP contribution in [0.25, 0.3) is 0 Å². The number of amides is 2. The van der Waals surface area contributed by atoms with Crippen molar-refractivity contribution in [2.24, 2.45) is 0 Å². The van der Waals surface area contributed by atoms with Gasteiger partial charge in [-0.25, -0.2) is 4.79 Å². The molecule has 2 heterocycles. The van der Waals surface area contributed by atoms with Crippen LogP contribution in [-0.2, 0) is 27.2 Å². The van der Waals surface area contributed by atoms with Crippen LogP contribution in [0, 0.1) is 0 Å². The second-order valence-electron chi connectivity index (χ2n) is 7.08. The van der Waals surface area contributed by atoms with Crippen LogP contribution in [0.2, 0.25) is 0 Å². The van der Waals surface area contributed by atoms with E-state index in [1.54, 1.807) is 18.2 Å². The van der Waals surface area contributed by atoms with E-state index < -0.39 is 18.5 Å². The van der Waals surface area contributed by atoms with E-state index in [1.165, 1.54) is 18.3 Å². The van der Waals surface area contributed by atoms with Crippen molar-refractivity contribution in [1.82, 2.24) is 0 Å². The average Bonchev–Trinajstić information content (AvgIpc) is 3.09. The van der Waals surface area contributed by atoms with Crippen molar-refractivity contribution in [2.75, 3.05) is 30.5 Å². The van der Waals surface area contributed by atoms with E-state index in [4.69, 9.17) is 14.2 Å². The van der Waals surface area contributed by atoms with Crippen molar-refractivity contribution in [3.05, 3.63) is 34.2 Å². The molecule has 0 radical (unpaired) electrons. The zero-order chi connectivity index (χ0) is 21.1. The molecule has 0 unspecified atom stereocenters. The second kappa shape index (κ2) is 8.74. The summed E-state index contributed by atoms with van der Waals surface area (Å²) in [5, 5.41) is 5.90. The molecule has 4 rings (SSSR count). The summed E-state index contributed by atoms with van der Waals surface area (Å²) in [4.78, 5) is 37.7. The lowest BCUT2D eigenvalue weighted by molar-refractivity contribution is -0.119. The van der Waals surface area contributed by atoms with E-state index in [9.17, 15) is 14.4 Å². The minimum atomic E-state index is -0.601. The fourth-order valence-electron chi connectivity index (χ4n) is 3.55. The number of nitrogens with one attached hydrogen (secondary N) is 2. The summed E-state index contributed by atoms with van der Waals surface area (Å²) in [5.74, 6) is -0.140. The van der Waals surface area contributed by atoms with Crippen LogP contribution >= 0.6 is 11.3 Å². The zero-order valence-electron chi connectivity index (χ0n) is 16.5. The van der Waals surface area contributed by atoms with Crippen LogP contribution in [0.4, 0.5) is 10.7 Å². The van der Waals surface area contributed by atoms with Crippen molar-refractivity contribution in [1.29, 1.82) is 0 Å². The van der Waals surface area contributed by atoms with Crippen LogP contribution in [0.1, 0.15) is 40.6 Å². The monoisotopic (exact) mass is 430 g/mol. The largest absolute Gasteiger partial charge is 0.486 e. The lowest BCUT2D eigenvalue weighted by Crippen LogP contribution is -2.22. The first-order valence-corrected chi connectivity index (χ1v) is 10.6. The molecule has 0 saturated heterocycles. The molecule has 30 heavy (non-hydrogen) atoms. The van der Waals surface area contributed by atoms with Crippen LogP contribution in [-0.4, -0.2) is 37.6 Å². The summed E-state index contributed by atoms with van der Waals surface area (Å²) in [6.45, 7) is 1.90. The maximum absolute atomic E-state index is 12.7. The highest BCUT2D eigenvalue weighted by Gasteiger charge is 2.27. The third-order valence-corrected chi connectivity index (χ3v) is 6.03. The van der Waals surface area contributed by atoms with Crippen LogP contribution in [0.5, 0.6) is 11.5 Å². The number of esters is 1. The number of rotatable bonds is 5. The standard InChI is InChI=1S/C21H22N2O6S/c1-12(24)22-20-19(14-4-2-3-5-17(14)30-20)21(26)29-11-18(25)23-13-6-7-15-16(10-13)28-9-8-27-15/h6-7,10H,2-5,8-9,11H2,1H3,(H,22,24)(H,23,25). The Labute approximate surface area is 177 Å². The van der Waals surface area contributed by atoms with Crippen molar-refractivity contribution in [2.45, 2.75) is 32.6 Å². The molecule has 2 aliphatic rings. The number of carbonyl (C=O) groups excluding carboxylic acids is 3. The first-order valence-electron chi connectivity index (χ1n) is 9.80. The molecule has 8 nitrogen and oxygen atoms in total. The molecule has 9 heteroatoms. The Hall–Kier alpha value is -3.07. The van der Waals surface area contributed by atoms with Gasteiger partial charge < -0.3 is 24.8 Å². The lowest BCUT2D eigenvalue weighted by Gasteiger charge is -2.19. The fourth-order valence-corrected chi connectivity index (χ4v) is 4.87. The number of thiophene rings is 1. The number of hydrogen-bond donors (Lipinski definition) is 2. The molecule has 2 aromatic rings. The normalized spacial score (nSPS) is 14.4. The van der Waals surface area contributed by atoms with Crippen molar-refractivity contribution in [3.8, 4) is 11.5 Å². The average molecular weight is 430 g/mol. The number of fused-ring (bicyclic) bond motifs is 2. The highest BCUT2D eigenvalue weighted by molar-refractivity contribution is 7.17. The van der Waals surface area contributed by atoms with Gasteiger partial charge in [-0.2, -0.15) is 0 Å². The topological polar surface area (TPSA) is 103 Å². The van der Waals surface area contributed by atoms with Gasteiger partial charge in [-0.15, -0.1) is 11.3 Å². The van der Waals surface area contributed by atoms with E-state index in [2.05, 4.69) is 10.6 Å². The Morgan fingerprint density at radius 2 is 1.83 bits per heavy atom. The Kier molecular flexibility index (Phi) is 5.89. The van der Waals surface area contributed by atoms with Crippen LogP contribution in [0.15, 0.2) is 18.2 Å². The van der Waals surface area contributed by atoms with Gasteiger partial charge in [-0.1, -0.05) is 0 Å². The van der Waals surface area contributed by atoms with Gasteiger partial charge in [0.15, 0.2) is 18.1 Å². The van der Waals surface area contributed by atoms with Gasteiger partial charge in [0.1, 0.15) is 18.2 Å². The molecular weight excluding hydrogens is 408 g/mol. The summed E-state index contributed by atoms with van der Waals surface area (Å²) in [5.41, 5.74) is 1.82.